The van der Waals surface area contributed by atoms with Crippen LogP contribution in [0.25, 0.3) is 0 Å². The molecule has 0 aromatic carbocycles. The zero-order valence-electron chi connectivity index (χ0n) is 9.81. The van der Waals surface area contributed by atoms with Crippen LogP contribution in [0.4, 0.5) is 5.82 Å². The van der Waals surface area contributed by atoms with Gasteiger partial charge in [-0.15, -0.1) is 0 Å². The van der Waals surface area contributed by atoms with Gasteiger partial charge in [0.1, 0.15) is 5.02 Å². The number of nitrogens with zero attached hydrogens (tertiary/aromatic N) is 2. The lowest BCUT2D eigenvalue weighted by Crippen LogP contribution is -2.18. The van der Waals surface area contributed by atoms with Gasteiger partial charge in [0.25, 0.3) is 0 Å². The third kappa shape index (κ3) is 4.72. The summed E-state index contributed by atoms with van der Waals surface area (Å²) in [7, 11) is 3.03. The van der Waals surface area contributed by atoms with Gasteiger partial charge in [0.15, 0.2) is 5.82 Å². The van der Waals surface area contributed by atoms with Gasteiger partial charge < -0.3 is 19.9 Å². The molecular weight excluding hydrogens is 246 g/mol. The summed E-state index contributed by atoms with van der Waals surface area (Å²) < 4.78 is 9.70. The smallest absolute Gasteiger partial charge is 0.318 e. The highest BCUT2D eigenvalue weighted by atomic mass is 35.5. The van der Waals surface area contributed by atoms with Gasteiger partial charge in [-0.25, -0.2) is 4.98 Å². The van der Waals surface area contributed by atoms with E-state index < -0.39 is 6.10 Å². The van der Waals surface area contributed by atoms with Crippen LogP contribution in [0, 0.1) is 0 Å². The topological polar surface area (TPSA) is 76.5 Å². The second-order valence-electron chi connectivity index (χ2n) is 3.38. The number of methoxy groups -OCH3 is 2. The number of rotatable bonds is 7. The lowest BCUT2D eigenvalue weighted by atomic mass is 10.2. The molecule has 0 saturated carbocycles. The molecule has 0 aliphatic heterocycles. The molecule has 96 valence electrons. The number of hydrogen-bond acceptors (Lipinski definition) is 6. The SMILES string of the molecule is COCC(O)CCNc1nc(OC)ncc1Cl. The quantitative estimate of drug-likeness (QED) is 0.761. The third-order valence-electron chi connectivity index (χ3n) is 2.03. The third-order valence-corrected chi connectivity index (χ3v) is 2.31. The summed E-state index contributed by atoms with van der Waals surface area (Å²) in [5.41, 5.74) is 0. The van der Waals surface area contributed by atoms with Crippen molar-refractivity contribution in [1.82, 2.24) is 9.97 Å². The van der Waals surface area contributed by atoms with E-state index in [1.54, 1.807) is 7.11 Å². The van der Waals surface area contributed by atoms with Crippen LogP contribution in [0.3, 0.4) is 0 Å². The highest BCUT2D eigenvalue weighted by Crippen LogP contribution is 2.19. The zero-order chi connectivity index (χ0) is 12.7. The summed E-state index contributed by atoms with van der Waals surface area (Å²) in [4.78, 5) is 7.90. The number of aliphatic hydroxyl groups is 1. The normalized spacial score (nSPS) is 12.2. The minimum atomic E-state index is -0.505. The molecule has 0 aliphatic carbocycles. The molecule has 1 atom stereocenters. The predicted octanol–water partition coefficient (Wildman–Crippen LogP) is 0.948. The molecule has 0 radical (unpaired) electrons. The van der Waals surface area contributed by atoms with Crippen LogP contribution in [0.15, 0.2) is 6.20 Å². The van der Waals surface area contributed by atoms with E-state index in [0.29, 0.717) is 30.4 Å². The monoisotopic (exact) mass is 261 g/mol. The predicted molar refractivity (Wildman–Crippen MR) is 64.6 cm³/mol. The fourth-order valence-electron chi connectivity index (χ4n) is 1.21. The zero-order valence-corrected chi connectivity index (χ0v) is 10.6. The maximum atomic E-state index is 9.44. The lowest BCUT2D eigenvalue weighted by molar-refractivity contribution is 0.0615. The van der Waals surface area contributed by atoms with Crippen molar-refractivity contribution in [1.29, 1.82) is 0 Å². The molecule has 6 nitrogen and oxygen atoms in total. The number of aliphatic hydroxyl groups excluding tert-OH is 1. The van der Waals surface area contributed by atoms with Crippen molar-refractivity contribution in [3.63, 3.8) is 0 Å². The Hall–Kier alpha value is -1.11. The molecule has 1 heterocycles. The van der Waals surface area contributed by atoms with Gasteiger partial charge in [-0.2, -0.15) is 4.98 Å². The van der Waals surface area contributed by atoms with Gasteiger partial charge in [0.2, 0.25) is 0 Å². The molecule has 0 fully saturated rings. The summed E-state index contributed by atoms with van der Waals surface area (Å²) >= 11 is 5.90. The Morgan fingerprint density at radius 2 is 2.29 bits per heavy atom. The van der Waals surface area contributed by atoms with Crippen molar-refractivity contribution in [2.45, 2.75) is 12.5 Å². The molecule has 1 rings (SSSR count). The van der Waals surface area contributed by atoms with E-state index in [1.807, 2.05) is 0 Å². The van der Waals surface area contributed by atoms with Gasteiger partial charge in [-0.3, -0.25) is 0 Å². The van der Waals surface area contributed by atoms with E-state index in [9.17, 15) is 5.11 Å². The summed E-state index contributed by atoms with van der Waals surface area (Å²) in [6.45, 7) is 0.840. The summed E-state index contributed by atoms with van der Waals surface area (Å²) in [5, 5.41) is 12.8. The molecule has 17 heavy (non-hydrogen) atoms. The fourth-order valence-corrected chi connectivity index (χ4v) is 1.36. The van der Waals surface area contributed by atoms with Gasteiger partial charge in [-0.1, -0.05) is 11.6 Å². The second-order valence-corrected chi connectivity index (χ2v) is 3.79. The van der Waals surface area contributed by atoms with E-state index in [-0.39, 0.29) is 6.01 Å². The Balaban J connectivity index is 2.45. The maximum Gasteiger partial charge on any atom is 0.318 e. The summed E-state index contributed by atoms with van der Waals surface area (Å²) in [5.74, 6) is 0.489. The average molecular weight is 262 g/mol. The second kappa shape index (κ2) is 7.26. The molecular formula is C10H16ClN3O3. The molecule has 0 bridgehead atoms. The molecule has 1 unspecified atom stereocenters. The Bertz CT molecular complexity index is 352. The van der Waals surface area contributed by atoms with Crippen LogP contribution in [0.5, 0.6) is 6.01 Å². The molecule has 0 spiro atoms. The van der Waals surface area contributed by atoms with E-state index in [2.05, 4.69) is 15.3 Å². The van der Waals surface area contributed by atoms with Gasteiger partial charge in [0.05, 0.1) is 26.0 Å². The number of anilines is 1. The molecule has 0 saturated heterocycles. The van der Waals surface area contributed by atoms with Crippen LogP contribution in [-0.2, 0) is 4.74 Å². The minimum Gasteiger partial charge on any atom is -0.467 e. The van der Waals surface area contributed by atoms with Crippen LogP contribution < -0.4 is 10.1 Å². The number of nitrogens with one attached hydrogen (secondary N) is 1. The van der Waals surface area contributed by atoms with E-state index in [4.69, 9.17) is 21.1 Å². The van der Waals surface area contributed by atoms with Gasteiger partial charge in [-0.05, 0) is 6.42 Å². The highest BCUT2D eigenvalue weighted by Gasteiger charge is 2.07. The number of halogens is 1. The maximum absolute atomic E-state index is 9.44. The number of aromatic nitrogens is 2. The first-order valence-electron chi connectivity index (χ1n) is 5.14. The Labute approximate surface area is 105 Å². The minimum absolute atomic E-state index is 0.245. The van der Waals surface area contributed by atoms with Crippen LogP contribution in [-0.4, -0.2) is 48.5 Å². The first-order valence-corrected chi connectivity index (χ1v) is 5.52. The van der Waals surface area contributed by atoms with Crippen molar-refractivity contribution in [3.8, 4) is 6.01 Å². The first-order chi connectivity index (χ1) is 8.17. The summed E-state index contributed by atoms with van der Waals surface area (Å²) in [6.07, 6.45) is 1.49. The standard InChI is InChI=1S/C10H16ClN3O3/c1-16-6-7(15)3-4-12-9-8(11)5-13-10(14-9)17-2/h5,7,15H,3-4,6H2,1-2H3,(H,12,13,14). The van der Waals surface area contributed by atoms with Crippen molar-refractivity contribution in [2.75, 3.05) is 32.7 Å². The molecule has 2 N–H and O–H groups in total. The van der Waals surface area contributed by atoms with E-state index in [0.717, 1.165) is 0 Å². The molecule has 7 heteroatoms. The molecule has 0 aliphatic rings. The van der Waals surface area contributed by atoms with Crippen LogP contribution >= 0.6 is 11.6 Å². The fraction of sp³-hybridized carbons (Fsp3) is 0.600. The Kier molecular flexibility index (Phi) is 5.96. The number of ether oxygens (including phenoxy) is 2. The highest BCUT2D eigenvalue weighted by molar-refractivity contribution is 6.32. The van der Waals surface area contributed by atoms with E-state index >= 15 is 0 Å². The van der Waals surface area contributed by atoms with Crippen molar-refractivity contribution in [2.24, 2.45) is 0 Å². The molecule has 1 aromatic heterocycles. The largest absolute Gasteiger partial charge is 0.467 e. The molecule has 1 aromatic rings. The van der Waals surface area contributed by atoms with Crippen molar-refractivity contribution >= 4 is 17.4 Å². The first kappa shape index (κ1) is 14.0. The van der Waals surface area contributed by atoms with E-state index in [1.165, 1.54) is 13.3 Å². The number of hydrogen-bond donors (Lipinski definition) is 2. The Morgan fingerprint density at radius 1 is 1.53 bits per heavy atom. The van der Waals surface area contributed by atoms with Gasteiger partial charge in [0, 0.05) is 13.7 Å². The summed E-state index contributed by atoms with van der Waals surface area (Å²) in [6, 6.07) is 0.245. The lowest BCUT2D eigenvalue weighted by Gasteiger charge is -2.11. The van der Waals surface area contributed by atoms with Crippen molar-refractivity contribution in [3.05, 3.63) is 11.2 Å². The van der Waals surface area contributed by atoms with Gasteiger partial charge >= 0.3 is 6.01 Å². The average Bonchev–Trinajstić information content (AvgIpc) is 2.32. The van der Waals surface area contributed by atoms with Crippen LogP contribution in [0.1, 0.15) is 6.42 Å². The molecule has 0 amide bonds. The Morgan fingerprint density at radius 3 is 2.94 bits per heavy atom. The van der Waals surface area contributed by atoms with Crippen LogP contribution in [0.2, 0.25) is 5.02 Å². The van der Waals surface area contributed by atoms with Crippen molar-refractivity contribution < 1.29 is 14.6 Å².